The van der Waals surface area contributed by atoms with Crippen LogP contribution in [-0.2, 0) is 0 Å². The zero-order valence-electron chi connectivity index (χ0n) is 8.75. The van der Waals surface area contributed by atoms with Crippen molar-refractivity contribution in [3.05, 3.63) is 42.1 Å². The summed E-state index contributed by atoms with van der Waals surface area (Å²) >= 11 is 0. The van der Waals surface area contributed by atoms with Gasteiger partial charge in [-0.25, -0.2) is 9.97 Å². The van der Waals surface area contributed by atoms with Crippen molar-refractivity contribution >= 4 is 0 Å². The van der Waals surface area contributed by atoms with Crippen LogP contribution in [0.15, 0.2) is 30.7 Å². The van der Waals surface area contributed by atoms with Gasteiger partial charge in [-0.2, -0.15) is 0 Å². The molecular weight excluding hydrogens is 190 g/mol. The van der Waals surface area contributed by atoms with Crippen molar-refractivity contribution in [2.45, 2.75) is 20.0 Å². The second-order valence-corrected chi connectivity index (χ2v) is 3.47. The van der Waals surface area contributed by atoms with Gasteiger partial charge in [0.25, 0.3) is 0 Å². The number of aromatic nitrogens is 3. The summed E-state index contributed by atoms with van der Waals surface area (Å²) in [5.41, 5.74) is 0.855. The summed E-state index contributed by atoms with van der Waals surface area (Å²) in [6.07, 6.45) is 4.79. The maximum Gasteiger partial charge on any atom is 0.138 e. The van der Waals surface area contributed by atoms with Gasteiger partial charge in [0.15, 0.2) is 0 Å². The molecule has 0 aliphatic carbocycles. The SMILES string of the molecule is Cc1nccn1-c1cc([C@H](C)O)ccn1. The number of aliphatic hydroxyl groups is 1. The van der Waals surface area contributed by atoms with Crippen LogP contribution in [0.4, 0.5) is 0 Å². The molecule has 2 aromatic heterocycles. The molecule has 0 saturated heterocycles. The minimum Gasteiger partial charge on any atom is -0.389 e. The lowest BCUT2D eigenvalue weighted by atomic mass is 10.2. The van der Waals surface area contributed by atoms with Gasteiger partial charge in [-0.15, -0.1) is 0 Å². The fourth-order valence-electron chi connectivity index (χ4n) is 1.45. The highest BCUT2D eigenvalue weighted by atomic mass is 16.3. The first kappa shape index (κ1) is 9.86. The van der Waals surface area contributed by atoms with Crippen molar-refractivity contribution in [2.24, 2.45) is 0 Å². The normalized spacial score (nSPS) is 12.7. The Bertz CT molecular complexity index is 462. The molecule has 0 aromatic carbocycles. The Morgan fingerprint density at radius 2 is 2.13 bits per heavy atom. The van der Waals surface area contributed by atoms with Crippen LogP contribution in [0.2, 0.25) is 0 Å². The number of aliphatic hydroxyl groups excluding tert-OH is 1. The summed E-state index contributed by atoms with van der Waals surface area (Å²) in [6.45, 7) is 3.65. The van der Waals surface area contributed by atoms with Crippen LogP contribution in [0.1, 0.15) is 24.4 Å². The zero-order chi connectivity index (χ0) is 10.8. The van der Waals surface area contributed by atoms with Crippen molar-refractivity contribution in [3.63, 3.8) is 0 Å². The second kappa shape index (κ2) is 3.82. The number of hydrogen-bond donors (Lipinski definition) is 1. The topological polar surface area (TPSA) is 50.9 Å². The molecule has 4 heteroatoms. The molecule has 0 unspecified atom stereocenters. The van der Waals surface area contributed by atoms with Gasteiger partial charge in [-0.1, -0.05) is 0 Å². The second-order valence-electron chi connectivity index (χ2n) is 3.47. The Hall–Kier alpha value is -1.68. The first-order valence-corrected chi connectivity index (χ1v) is 4.83. The van der Waals surface area contributed by atoms with Crippen LogP contribution in [0, 0.1) is 6.92 Å². The molecule has 15 heavy (non-hydrogen) atoms. The number of hydrogen-bond acceptors (Lipinski definition) is 3. The quantitative estimate of drug-likeness (QED) is 0.807. The summed E-state index contributed by atoms with van der Waals surface area (Å²) in [5, 5.41) is 9.46. The third kappa shape index (κ3) is 1.89. The van der Waals surface area contributed by atoms with E-state index in [-0.39, 0.29) is 0 Å². The standard InChI is InChI=1S/C11H13N3O/c1-8(15)10-3-4-13-11(7-10)14-6-5-12-9(14)2/h3-8,15H,1-2H3/t8-/m0/s1. The van der Waals surface area contributed by atoms with Gasteiger partial charge >= 0.3 is 0 Å². The fraction of sp³-hybridized carbons (Fsp3) is 0.273. The molecule has 0 aliphatic heterocycles. The molecule has 0 radical (unpaired) electrons. The largest absolute Gasteiger partial charge is 0.389 e. The number of nitrogens with zero attached hydrogens (tertiary/aromatic N) is 3. The van der Waals surface area contributed by atoms with Crippen LogP contribution < -0.4 is 0 Å². The molecule has 0 saturated carbocycles. The maximum atomic E-state index is 9.46. The van der Waals surface area contributed by atoms with Gasteiger partial charge in [0, 0.05) is 18.6 Å². The predicted molar refractivity (Wildman–Crippen MR) is 56.7 cm³/mol. The van der Waals surface area contributed by atoms with Crippen LogP contribution >= 0.6 is 0 Å². The lowest BCUT2D eigenvalue weighted by Crippen LogP contribution is -2.01. The average molecular weight is 203 g/mol. The molecule has 2 rings (SSSR count). The number of imidazole rings is 1. The van der Waals surface area contributed by atoms with Crippen LogP contribution in [0.5, 0.6) is 0 Å². The lowest BCUT2D eigenvalue weighted by Gasteiger charge is -2.08. The van der Waals surface area contributed by atoms with Crippen molar-refractivity contribution < 1.29 is 5.11 Å². The van der Waals surface area contributed by atoms with Gasteiger partial charge in [0.2, 0.25) is 0 Å². The minimum atomic E-state index is -0.476. The molecule has 4 nitrogen and oxygen atoms in total. The summed E-state index contributed by atoms with van der Waals surface area (Å²) < 4.78 is 1.88. The highest BCUT2D eigenvalue weighted by molar-refractivity contribution is 5.30. The van der Waals surface area contributed by atoms with Crippen molar-refractivity contribution in [1.82, 2.24) is 14.5 Å². The molecule has 1 atom stereocenters. The Morgan fingerprint density at radius 1 is 1.33 bits per heavy atom. The molecule has 1 N–H and O–H groups in total. The number of rotatable bonds is 2. The minimum absolute atomic E-state index is 0.476. The van der Waals surface area contributed by atoms with Gasteiger partial charge in [0.05, 0.1) is 6.10 Å². The molecule has 0 bridgehead atoms. The van der Waals surface area contributed by atoms with Crippen molar-refractivity contribution in [2.75, 3.05) is 0 Å². The highest BCUT2D eigenvalue weighted by Crippen LogP contribution is 2.15. The Labute approximate surface area is 88.2 Å². The van der Waals surface area contributed by atoms with E-state index in [1.807, 2.05) is 23.8 Å². The van der Waals surface area contributed by atoms with Crippen LogP contribution in [0.25, 0.3) is 5.82 Å². The summed E-state index contributed by atoms with van der Waals surface area (Å²) in [5.74, 6) is 1.66. The Balaban J connectivity index is 2.46. The molecule has 0 aliphatic rings. The van der Waals surface area contributed by atoms with Crippen molar-refractivity contribution in [3.8, 4) is 5.82 Å². The Kier molecular flexibility index (Phi) is 2.51. The van der Waals surface area contributed by atoms with E-state index in [2.05, 4.69) is 9.97 Å². The van der Waals surface area contributed by atoms with E-state index < -0.39 is 6.10 Å². The van der Waals surface area contributed by atoms with Crippen LogP contribution in [0.3, 0.4) is 0 Å². The summed E-state index contributed by atoms with van der Waals surface area (Å²) in [7, 11) is 0. The van der Waals surface area contributed by atoms with Gasteiger partial charge in [-0.3, -0.25) is 4.57 Å². The third-order valence-electron chi connectivity index (χ3n) is 2.32. The molecule has 0 amide bonds. The van der Waals surface area contributed by atoms with E-state index >= 15 is 0 Å². The molecule has 2 aromatic rings. The summed E-state index contributed by atoms with van der Waals surface area (Å²) in [4.78, 5) is 8.36. The van der Waals surface area contributed by atoms with Crippen LogP contribution in [-0.4, -0.2) is 19.6 Å². The molecule has 2 heterocycles. The van der Waals surface area contributed by atoms with E-state index in [4.69, 9.17) is 0 Å². The van der Waals surface area contributed by atoms with Gasteiger partial charge < -0.3 is 5.11 Å². The van der Waals surface area contributed by atoms with E-state index in [1.165, 1.54) is 0 Å². The molecule has 0 fully saturated rings. The van der Waals surface area contributed by atoms with Gasteiger partial charge in [-0.05, 0) is 31.5 Å². The Morgan fingerprint density at radius 3 is 2.73 bits per heavy atom. The van der Waals surface area contributed by atoms with E-state index in [0.29, 0.717) is 0 Å². The highest BCUT2D eigenvalue weighted by Gasteiger charge is 2.05. The summed E-state index contributed by atoms with van der Waals surface area (Å²) in [6, 6.07) is 3.67. The van der Waals surface area contributed by atoms with E-state index in [0.717, 1.165) is 17.2 Å². The van der Waals surface area contributed by atoms with Gasteiger partial charge in [0.1, 0.15) is 11.6 Å². The first-order valence-electron chi connectivity index (χ1n) is 4.83. The average Bonchev–Trinajstić information content (AvgIpc) is 2.64. The predicted octanol–water partition coefficient (Wildman–Crippen LogP) is 1.63. The molecular formula is C11H13N3O. The first-order chi connectivity index (χ1) is 7.18. The van der Waals surface area contributed by atoms with E-state index in [9.17, 15) is 5.11 Å². The smallest absolute Gasteiger partial charge is 0.138 e. The van der Waals surface area contributed by atoms with Crippen molar-refractivity contribution in [1.29, 1.82) is 0 Å². The maximum absolute atomic E-state index is 9.46. The fourth-order valence-corrected chi connectivity index (χ4v) is 1.45. The molecule has 0 spiro atoms. The monoisotopic (exact) mass is 203 g/mol. The lowest BCUT2D eigenvalue weighted by molar-refractivity contribution is 0.199. The number of aryl methyl sites for hydroxylation is 1. The number of pyridine rings is 1. The zero-order valence-corrected chi connectivity index (χ0v) is 8.75. The van der Waals surface area contributed by atoms with E-state index in [1.54, 1.807) is 25.4 Å². The molecule has 78 valence electrons. The third-order valence-corrected chi connectivity index (χ3v) is 2.32.